The molecule has 0 saturated heterocycles. The van der Waals surface area contributed by atoms with Gasteiger partial charge in [-0.3, -0.25) is 9.59 Å². The van der Waals surface area contributed by atoms with Crippen LogP contribution in [0.5, 0.6) is 0 Å². The lowest BCUT2D eigenvalue weighted by molar-refractivity contribution is 0.101. The number of Topliss-reactive ketones (excluding diaryl/α,β-unsaturated/α-hetero) is 1. The van der Waals surface area contributed by atoms with E-state index in [1.807, 2.05) is 24.3 Å². The number of aldehydes is 1. The molecule has 0 amide bonds. The van der Waals surface area contributed by atoms with Gasteiger partial charge in [-0.15, -0.1) is 11.3 Å². The maximum absolute atomic E-state index is 11.2. The maximum atomic E-state index is 11.2. The molecule has 0 N–H and O–H groups in total. The summed E-state index contributed by atoms with van der Waals surface area (Å²) in [6, 6.07) is 11.1. The first-order valence-corrected chi connectivity index (χ1v) is 5.69. The molecule has 80 valence electrons. The third kappa shape index (κ3) is 2.09. The van der Waals surface area contributed by atoms with Crippen molar-refractivity contribution in [2.45, 2.75) is 6.92 Å². The highest BCUT2D eigenvalue weighted by molar-refractivity contribution is 7.17. The zero-order valence-corrected chi connectivity index (χ0v) is 9.58. The Bertz CT molecular complexity index is 540. The molecule has 0 spiro atoms. The Kier molecular flexibility index (Phi) is 2.97. The molecule has 1 aromatic heterocycles. The summed E-state index contributed by atoms with van der Waals surface area (Å²) >= 11 is 1.43. The Labute approximate surface area is 97.5 Å². The van der Waals surface area contributed by atoms with Crippen molar-refractivity contribution < 1.29 is 9.59 Å². The Hall–Kier alpha value is -1.74. The molecule has 16 heavy (non-hydrogen) atoms. The number of carbonyl (C=O) groups is 2. The molecule has 0 aliphatic heterocycles. The zero-order chi connectivity index (χ0) is 11.5. The molecule has 0 radical (unpaired) electrons. The Morgan fingerprint density at radius 3 is 2.69 bits per heavy atom. The van der Waals surface area contributed by atoms with E-state index in [1.165, 1.54) is 11.3 Å². The van der Waals surface area contributed by atoms with Crippen molar-refractivity contribution >= 4 is 23.4 Å². The lowest BCUT2D eigenvalue weighted by Gasteiger charge is -1.99. The van der Waals surface area contributed by atoms with Crippen LogP contribution in [0, 0.1) is 0 Å². The van der Waals surface area contributed by atoms with Crippen LogP contribution in [0.25, 0.3) is 10.4 Å². The molecule has 0 atom stereocenters. The van der Waals surface area contributed by atoms with Crippen LogP contribution in [0.4, 0.5) is 0 Å². The maximum Gasteiger partial charge on any atom is 0.160 e. The minimum Gasteiger partial charge on any atom is -0.297 e. The van der Waals surface area contributed by atoms with Crippen molar-refractivity contribution in [3.63, 3.8) is 0 Å². The standard InChI is InChI=1S/C13H10O2S/c1-9(15)10-3-2-4-11(7-10)13-6-5-12(8-14)16-13/h2-8H,1H3. The quantitative estimate of drug-likeness (QED) is 0.598. The van der Waals surface area contributed by atoms with Gasteiger partial charge in [0.15, 0.2) is 12.1 Å². The van der Waals surface area contributed by atoms with Crippen molar-refractivity contribution in [1.82, 2.24) is 0 Å². The van der Waals surface area contributed by atoms with Gasteiger partial charge < -0.3 is 0 Å². The summed E-state index contributed by atoms with van der Waals surface area (Å²) < 4.78 is 0. The van der Waals surface area contributed by atoms with E-state index in [4.69, 9.17) is 0 Å². The smallest absolute Gasteiger partial charge is 0.160 e. The van der Waals surface area contributed by atoms with E-state index in [0.717, 1.165) is 16.7 Å². The second-order valence-corrected chi connectivity index (χ2v) is 4.57. The van der Waals surface area contributed by atoms with E-state index in [9.17, 15) is 9.59 Å². The summed E-state index contributed by atoms with van der Waals surface area (Å²) in [6.45, 7) is 1.55. The molecule has 0 bridgehead atoms. The second kappa shape index (κ2) is 4.41. The first kappa shape index (κ1) is 10.8. The summed E-state index contributed by atoms with van der Waals surface area (Å²) in [5.74, 6) is 0.0500. The number of rotatable bonds is 3. The van der Waals surface area contributed by atoms with Crippen LogP contribution >= 0.6 is 11.3 Å². The summed E-state index contributed by atoms with van der Waals surface area (Å²) in [6.07, 6.45) is 0.836. The van der Waals surface area contributed by atoms with Crippen molar-refractivity contribution in [1.29, 1.82) is 0 Å². The molecule has 2 rings (SSSR count). The zero-order valence-electron chi connectivity index (χ0n) is 8.77. The second-order valence-electron chi connectivity index (χ2n) is 3.46. The Balaban J connectivity index is 2.43. The molecular formula is C13H10O2S. The normalized spacial score (nSPS) is 10.1. The first-order chi connectivity index (χ1) is 7.70. The largest absolute Gasteiger partial charge is 0.297 e. The molecule has 1 heterocycles. The first-order valence-electron chi connectivity index (χ1n) is 4.87. The van der Waals surface area contributed by atoms with Gasteiger partial charge in [-0.1, -0.05) is 18.2 Å². The monoisotopic (exact) mass is 230 g/mol. The fourth-order valence-corrected chi connectivity index (χ4v) is 2.28. The van der Waals surface area contributed by atoms with E-state index in [0.29, 0.717) is 10.4 Å². The van der Waals surface area contributed by atoms with Crippen LogP contribution in [0.3, 0.4) is 0 Å². The molecule has 2 nitrogen and oxygen atoms in total. The molecule has 1 aromatic carbocycles. The third-order valence-corrected chi connectivity index (χ3v) is 3.36. The average molecular weight is 230 g/mol. The lowest BCUT2D eigenvalue weighted by Crippen LogP contribution is -1.90. The van der Waals surface area contributed by atoms with Gasteiger partial charge in [0.2, 0.25) is 0 Å². The van der Waals surface area contributed by atoms with Crippen molar-refractivity contribution in [3.05, 3.63) is 46.8 Å². The number of hydrogen-bond donors (Lipinski definition) is 0. The SMILES string of the molecule is CC(=O)c1cccc(-c2ccc(C=O)s2)c1. The predicted molar refractivity (Wildman–Crippen MR) is 65.1 cm³/mol. The highest BCUT2D eigenvalue weighted by Gasteiger charge is 2.05. The van der Waals surface area contributed by atoms with Gasteiger partial charge in [0, 0.05) is 10.4 Å². The van der Waals surface area contributed by atoms with Gasteiger partial charge in [0.05, 0.1) is 4.88 Å². The van der Waals surface area contributed by atoms with Crippen LogP contribution in [-0.4, -0.2) is 12.1 Å². The summed E-state index contributed by atoms with van der Waals surface area (Å²) in [7, 11) is 0. The van der Waals surface area contributed by atoms with Crippen LogP contribution < -0.4 is 0 Å². The molecule has 3 heteroatoms. The third-order valence-electron chi connectivity index (χ3n) is 2.30. The highest BCUT2D eigenvalue weighted by atomic mass is 32.1. The van der Waals surface area contributed by atoms with Crippen molar-refractivity contribution in [3.8, 4) is 10.4 Å². The van der Waals surface area contributed by atoms with Crippen molar-refractivity contribution in [2.24, 2.45) is 0 Å². The number of hydrogen-bond acceptors (Lipinski definition) is 3. The average Bonchev–Trinajstić information content (AvgIpc) is 2.77. The Morgan fingerprint density at radius 2 is 2.06 bits per heavy atom. The van der Waals surface area contributed by atoms with Crippen LogP contribution in [-0.2, 0) is 0 Å². The fraction of sp³-hybridized carbons (Fsp3) is 0.0769. The van der Waals surface area contributed by atoms with Gasteiger partial charge in [-0.25, -0.2) is 0 Å². The van der Waals surface area contributed by atoms with E-state index in [1.54, 1.807) is 19.1 Å². The van der Waals surface area contributed by atoms with E-state index in [2.05, 4.69) is 0 Å². The Morgan fingerprint density at radius 1 is 1.25 bits per heavy atom. The van der Waals surface area contributed by atoms with E-state index in [-0.39, 0.29) is 5.78 Å². The summed E-state index contributed by atoms with van der Waals surface area (Å²) in [4.78, 5) is 23.5. The number of carbonyl (C=O) groups excluding carboxylic acids is 2. The fourth-order valence-electron chi connectivity index (χ4n) is 1.46. The molecule has 0 unspecified atom stereocenters. The highest BCUT2D eigenvalue weighted by Crippen LogP contribution is 2.27. The molecule has 0 fully saturated rings. The minimum atomic E-state index is 0.0500. The van der Waals surface area contributed by atoms with Gasteiger partial charge in [-0.05, 0) is 30.7 Å². The topological polar surface area (TPSA) is 34.1 Å². The molecule has 0 aliphatic rings. The minimum absolute atomic E-state index is 0.0500. The molecule has 0 aliphatic carbocycles. The lowest BCUT2D eigenvalue weighted by atomic mass is 10.1. The van der Waals surface area contributed by atoms with Crippen LogP contribution in [0.2, 0.25) is 0 Å². The van der Waals surface area contributed by atoms with Gasteiger partial charge in [0.1, 0.15) is 0 Å². The number of thiophene rings is 1. The van der Waals surface area contributed by atoms with Crippen molar-refractivity contribution in [2.75, 3.05) is 0 Å². The predicted octanol–water partition coefficient (Wildman–Crippen LogP) is 3.43. The van der Waals surface area contributed by atoms with Gasteiger partial charge >= 0.3 is 0 Å². The summed E-state index contributed by atoms with van der Waals surface area (Å²) in [5.41, 5.74) is 1.67. The van der Waals surface area contributed by atoms with E-state index >= 15 is 0 Å². The molecule has 2 aromatic rings. The number of benzene rings is 1. The van der Waals surface area contributed by atoms with Crippen LogP contribution in [0.1, 0.15) is 27.0 Å². The van der Waals surface area contributed by atoms with Gasteiger partial charge in [-0.2, -0.15) is 0 Å². The van der Waals surface area contributed by atoms with E-state index < -0.39 is 0 Å². The summed E-state index contributed by atoms with van der Waals surface area (Å²) in [5, 5.41) is 0. The van der Waals surface area contributed by atoms with Crippen LogP contribution in [0.15, 0.2) is 36.4 Å². The molecular weight excluding hydrogens is 220 g/mol. The molecule has 0 saturated carbocycles. The number of ketones is 1. The van der Waals surface area contributed by atoms with Gasteiger partial charge in [0.25, 0.3) is 0 Å².